The highest BCUT2D eigenvalue weighted by Crippen LogP contribution is 2.18. The summed E-state index contributed by atoms with van der Waals surface area (Å²) in [5, 5.41) is 2.66. The first-order valence-corrected chi connectivity index (χ1v) is 6.93. The van der Waals surface area contributed by atoms with Crippen molar-refractivity contribution in [2.24, 2.45) is 5.73 Å². The number of amides is 1. The topological polar surface area (TPSA) is 90.7 Å². The first-order chi connectivity index (χ1) is 10.5. The molecule has 1 rings (SSSR count). The molecule has 0 aliphatic rings. The number of carbonyl (C=O) groups is 2. The molecule has 0 heterocycles. The van der Waals surface area contributed by atoms with E-state index in [1.807, 2.05) is 0 Å². The van der Waals surface area contributed by atoms with Gasteiger partial charge in [0.1, 0.15) is 11.9 Å². The Labute approximate surface area is 128 Å². The van der Waals surface area contributed by atoms with Gasteiger partial charge in [0.05, 0.1) is 25.7 Å². The van der Waals surface area contributed by atoms with Crippen LogP contribution in [-0.4, -0.2) is 38.2 Å². The molecule has 0 saturated carbocycles. The number of esters is 1. The monoisotopic (exact) mass is 312 g/mol. The van der Waals surface area contributed by atoms with E-state index in [2.05, 4.69) is 5.32 Å². The minimum atomic E-state index is -0.852. The van der Waals surface area contributed by atoms with Crippen molar-refractivity contribution in [2.75, 3.05) is 20.3 Å². The van der Waals surface area contributed by atoms with Gasteiger partial charge in [-0.1, -0.05) is 12.1 Å². The molecule has 7 heteroatoms. The Morgan fingerprint density at radius 1 is 1.32 bits per heavy atom. The van der Waals surface area contributed by atoms with Gasteiger partial charge in [-0.05, 0) is 24.6 Å². The Kier molecular flexibility index (Phi) is 7.48. The molecule has 0 bridgehead atoms. The Balaban J connectivity index is 2.84. The summed E-state index contributed by atoms with van der Waals surface area (Å²) < 4.78 is 22.7. The number of hydrogen-bond donors (Lipinski definition) is 2. The van der Waals surface area contributed by atoms with E-state index in [1.165, 1.54) is 31.4 Å². The van der Waals surface area contributed by atoms with Crippen molar-refractivity contribution in [3.63, 3.8) is 0 Å². The van der Waals surface area contributed by atoms with Crippen molar-refractivity contribution < 1.29 is 23.5 Å². The quantitative estimate of drug-likeness (QED) is 0.696. The first-order valence-electron chi connectivity index (χ1n) is 6.93. The second-order valence-corrected chi connectivity index (χ2v) is 4.68. The molecule has 0 spiro atoms. The number of rotatable bonds is 8. The minimum absolute atomic E-state index is 0.0569. The zero-order valence-corrected chi connectivity index (χ0v) is 12.7. The van der Waals surface area contributed by atoms with E-state index in [4.69, 9.17) is 15.2 Å². The van der Waals surface area contributed by atoms with E-state index >= 15 is 0 Å². The fourth-order valence-corrected chi connectivity index (χ4v) is 1.87. The molecule has 0 aromatic heterocycles. The zero-order valence-electron chi connectivity index (χ0n) is 12.7. The van der Waals surface area contributed by atoms with Crippen molar-refractivity contribution in [2.45, 2.75) is 25.4 Å². The van der Waals surface area contributed by atoms with Gasteiger partial charge in [0, 0.05) is 7.11 Å². The standard InChI is InChI=1S/C15H21FN2O4/c1-3-22-14(19)8-13(10-4-6-11(16)7-5-10)18-15(20)12(17)9-21-2/h4-7,12-13H,3,8-9,17H2,1-2H3,(H,18,20). The third-order valence-corrected chi connectivity index (χ3v) is 2.95. The highest BCUT2D eigenvalue weighted by molar-refractivity contribution is 5.82. The molecular weight excluding hydrogens is 291 g/mol. The van der Waals surface area contributed by atoms with Crippen LogP contribution in [-0.2, 0) is 19.1 Å². The molecule has 122 valence electrons. The molecule has 1 aromatic carbocycles. The zero-order chi connectivity index (χ0) is 16.5. The van der Waals surface area contributed by atoms with Gasteiger partial charge in [-0.3, -0.25) is 9.59 Å². The fourth-order valence-electron chi connectivity index (χ4n) is 1.87. The first kappa shape index (κ1) is 18.1. The Bertz CT molecular complexity index is 493. The van der Waals surface area contributed by atoms with Gasteiger partial charge in [-0.25, -0.2) is 4.39 Å². The van der Waals surface area contributed by atoms with Gasteiger partial charge in [0.25, 0.3) is 0 Å². The van der Waals surface area contributed by atoms with Gasteiger partial charge in [0.15, 0.2) is 0 Å². The molecule has 0 aliphatic heterocycles. The van der Waals surface area contributed by atoms with Crippen LogP contribution in [0.4, 0.5) is 4.39 Å². The second-order valence-electron chi connectivity index (χ2n) is 4.68. The number of nitrogens with one attached hydrogen (secondary N) is 1. The fraction of sp³-hybridized carbons (Fsp3) is 0.467. The summed E-state index contributed by atoms with van der Waals surface area (Å²) in [4.78, 5) is 23.6. The van der Waals surface area contributed by atoms with Crippen LogP contribution < -0.4 is 11.1 Å². The number of nitrogens with two attached hydrogens (primary N) is 1. The molecule has 2 unspecified atom stereocenters. The van der Waals surface area contributed by atoms with E-state index < -0.39 is 29.8 Å². The molecule has 6 nitrogen and oxygen atoms in total. The molecule has 22 heavy (non-hydrogen) atoms. The second kappa shape index (κ2) is 9.11. The van der Waals surface area contributed by atoms with Crippen LogP contribution in [0.5, 0.6) is 0 Å². The van der Waals surface area contributed by atoms with Gasteiger partial charge in [-0.15, -0.1) is 0 Å². The SMILES string of the molecule is CCOC(=O)CC(NC(=O)C(N)COC)c1ccc(F)cc1. The molecule has 0 aliphatic carbocycles. The van der Waals surface area contributed by atoms with E-state index in [1.54, 1.807) is 6.92 Å². The molecular formula is C15H21FN2O4. The van der Waals surface area contributed by atoms with Crippen LogP contribution in [0.2, 0.25) is 0 Å². The third-order valence-electron chi connectivity index (χ3n) is 2.95. The molecule has 2 atom stereocenters. The average molecular weight is 312 g/mol. The van der Waals surface area contributed by atoms with Crippen LogP contribution in [0, 0.1) is 5.82 Å². The number of carbonyl (C=O) groups excluding carboxylic acids is 2. The van der Waals surface area contributed by atoms with Crippen LogP contribution in [0.15, 0.2) is 24.3 Å². The van der Waals surface area contributed by atoms with E-state index in [9.17, 15) is 14.0 Å². The molecule has 1 aromatic rings. The lowest BCUT2D eigenvalue weighted by Gasteiger charge is -2.20. The summed E-state index contributed by atoms with van der Waals surface area (Å²) in [6.07, 6.45) is -0.0646. The lowest BCUT2D eigenvalue weighted by Crippen LogP contribution is -2.45. The van der Waals surface area contributed by atoms with Crippen molar-refractivity contribution >= 4 is 11.9 Å². The number of halogens is 1. The summed E-state index contributed by atoms with van der Waals surface area (Å²) in [5.41, 5.74) is 6.24. The predicted octanol–water partition coefficient (Wildman–Crippen LogP) is 0.910. The summed E-state index contributed by atoms with van der Waals surface area (Å²) in [7, 11) is 1.43. The van der Waals surface area contributed by atoms with Crippen LogP contribution in [0.3, 0.4) is 0 Å². The average Bonchev–Trinajstić information content (AvgIpc) is 2.47. The number of benzene rings is 1. The van der Waals surface area contributed by atoms with Crippen molar-refractivity contribution in [1.82, 2.24) is 5.32 Å². The van der Waals surface area contributed by atoms with E-state index in [0.29, 0.717) is 5.56 Å². The predicted molar refractivity (Wildman–Crippen MR) is 78.4 cm³/mol. The molecule has 1 amide bonds. The number of ether oxygens (including phenoxy) is 2. The number of methoxy groups -OCH3 is 1. The third kappa shape index (κ3) is 5.79. The van der Waals surface area contributed by atoms with Gasteiger partial charge < -0.3 is 20.5 Å². The van der Waals surface area contributed by atoms with Gasteiger partial charge in [0.2, 0.25) is 5.91 Å². The van der Waals surface area contributed by atoms with Crippen LogP contribution in [0.25, 0.3) is 0 Å². The highest BCUT2D eigenvalue weighted by atomic mass is 19.1. The summed E-state index contributed by atoms with van der Waals surface area (Å²) in [6, 6.07) is 4.02. The van der Waals surface area contributed by atoms with E-state index in [-0.39, 0.29) is 19.6 Å². The maximum absolute atomic E-state index is 13.0. The Morgan fingerprint density at radius 2 is 1.95 bits per heavy atom. The van der Waals surface area contributed by atoms with E-state index in [0.717, 1.165) is 0 Å². The van der Waals surface area contributed by atoms with Crippen molar-refractivity contribution in [3.8, 4) is 0 Å². The minimum Gasteiger partial charge on any atom is -0.466 e. The Hall–Kier alpha value is -1.99. The van der Waals surface area contributed by atoms with Gasteiger partial charge in [-0.2, -0.15) is 0 Å². The Morgan fingerprint density at radius 3 is 2.50 bits per heavy atom. The molecule has 0 radical (unpaired) electrons. The normalized spacial score (nSPS) is 13.3. The van der Waals surface area contributed by atoms with Crippen molar-refractivity contribution in [1.29, 1.82) is 0 Å². The van der Waals surface area contributed by atoms with Crippen LogP contribution in [0.1, 0.15) is 24.9 Å². The number of hydrogen-bond acceptors (Lipinski definition) is 5. The van der Waals surface area contributed by atoms with Crippen LogP contribution >= 0.6 is 0 Å². The maximum Gasteiger partial charge on any atom is 0.308 e. The molecule has 0 fully saturated rings. The lowest BCUT2D eigenvalue weighted by molar-refractivity contribution is -0.143. The summed E-state index contributed by atoms with van der Waals surface area (Å²) in [6.45, 7) is 1.99. The summed E-state index contributed by atoms with van der Waals surface area (Å²) in [5.74, 6) is -1.32. The molecule has 3 N–H and O–H groups in total. The highest BCUT2D eigenvalue weighted by Gasteiger charge is 2.22. The lowest BCUT2D eigenvalue weighted by atomic mass is 10.0. The van der Waals surface area contributed by atoms with Gasteiger partial charge >= 0.3 is 5.97 Å². The smallest absolute Gasteiger partial charge is 0.308 e. The summed E-state index contributed by atoms with van der Waals surface area (Å²) >= 11 is 0. The maximum atomic E-state index is 13.0. The largest absolute Gasteiger partial charge is 0.466 e. The molecule has 0 saturated heterocycles. The van der Waals surface area contributed by atoms with Crippen molar-refractivity contribution in [3.05, 3.63) is 35.6 Å².